The van der Waals surface area contributed by atoms with E-state index in [0.29, 0.717) is 45.0 Å². The van der Waals surface area contributed by atoms with Gasteiger partial charge in [0, 0.05) is 25.3 Å². The number of aromatic nitrogens is 2. The van der Waals surface area contributed by atoms with Crippen molar-refractivity contribution in [2.24, 2.45) is 0 Å². The number of aliphatic hydroxyl groups excluding tert-OH is 1. The monoisotopic (exact) mass is 452 g/mol. The standard InChI is InChI=1S/C18H27F3N4O4S/c1-30(27,28)25-9-7-12(8-10-25)23-17-22-11-13(18(19,20)21)16(24-17)29-15-6-4-2-3-5-14(15)26/h11-12,14-15,26H,2-10H2,1H3,(H,22,23,24)/t14-,15+/m1/s1. The molecule has 2 heterocycles. The molecule has 1 aromatic heterocycles. The van der Waals surface area contributed by atoms with Crippen molar-refractivity contribution in [1.29, 1.82) is 0 Å². The van der Waals surface area contributed by atoms with Gasteiger partial charge < -0.3 is 15.2 Å². The first-order valence-electron chi connectivity index (χ1n) is 10.0. The summed E-state index contributed by atoms with van der Waals surface area (Å²) in [6.45, 7) is 0.628. The van der Waals surface area contributed by atoms with E-state index in [4.69, 9.17) is 4.74 Å². The first kappa shape index (κ1) is 23.0. The number of sulfonamides is 1. The number of rotatable bonds is 5. The van der Waals surface area contributed by atoms with Gasteiger partial charge in [-0.3, -0.25) is 0 Å². The summed E-state index contributed by atoms with van der Waals surface area (Å²) in [5.41, 5.74) is -1.09. The molecule has 1 aromatic rings. The van der Waals surface area contributed by atoms with Crippen LogP contribution in [0.3, 0.4) is 0 Å². The zero-order valence-electron chi connectivity index (χ0n) is 16.7. The first-order chi connectivity index (χ1) is 14.0. The fourth-order valence-corrected chi connectivity index (χ4v) is 4.64. The van der Waals surface area contributed by atoms with Gasteiger partial charge in [-0.05, 0) is 32.1 Å². The van der Waals surface area contributed by atoms with Gasteiger partial charge in [0.2, 0.25) is 21.9 Å². The molecule has 170 valence electrons. The van der Waals surface area contributed by atoms with Crippen LogP contribution in [0, 0.1) is 0 Å². The number of alkyl halides is 3. The summed E-state index contributed by atoms with van der Waals surface area (Å²) in [6.07, 6.45) is -0.121. The van der Waals surface area contributed by atoms with Gasteiger partial charge in [0.15, 0.2) is 0 Å². The number of anilines is 1. The topological polar surface area (TPSA) is 105 Å². The lowest BCUT2D eigenvalue weighted by atomic mass is 10.1. The molecule has 2 atom stereocenters. The highest BCUT2D eigenvalue weighted by Gasteiger charge is 2.38. The molecule has 3 rings (SSSR count). The number of nitrogens with zero attached hydrogens (tertiary/aromatic N) is 3. The number of piperidine rings is 1. The number of aliphatic hydroxyl groups is 1. The van der Waals surface area contributed by atoms with E-state index in [0.717, 1.165) is 25.5 Å². The predicted octanol–water partition coefficient (Wildman–Crippen LogP) is 2.40. The van der Waals surface area contributed by atoms with E-state index < -0.39 is 39.9 Å². The van der Waals surface area contributed by atoms with Crippen LogP contribution < -0.4 is 10.1 Å². The molecule has 0 spiro atoms. The molecule has 0 aromatic carbocycles. The van der Waals surface area contributed by atoms with Crippen molar-refractivity contribution < 1.29 is 31.4 Å². The van der Waals surface area contributed by atoms with Crippen LogP contribution in [-0.4, -0.2) is 65.4 Å². The van der Waals surface area contributed by atoms with Crippen molar-refractivity contribution in [1.82, 2.24) is 14.3 Å². The van der Waals surface area contributed by atoms with Crippen LogP contribution in [0.1, 0.15) is 50.5 Å². The molecule has 30 heavy (non-hydrogen) atoms. The number of halogens is 3. The summed E-state index contributed by atoms with van der Waals surface area (Å²) in [5.74, 6) is -0.613. The average molecular weight is 452 g/mol. The molecule has 1 saturated carbocycles. The molecule has 2 aliphatic rings. The van der Waals surface area contributed by atoms with Gasteiger partial charge in [0.25, 0.3) is 0 Å². The summed E-state index contributed by atoms with van der Waals surface area (Å²) >= 11 is 0. The summed E-state index contributed by atoms with van der Waals surface area (Å²) in [5, 5.41) is 13.2. The lowest BCUT2D eigenvalue weighted by molar-refractivity contribution is -0.140. The van der Waals surface area contributed by atoms with Crippen molar-refractivity contribution in [3.63, 3.8) is 0 Å². The fourth-order valence-electron chi connectivity index (χ4n) is 3.77. The highest BCUT2D eigenvalue weighted by Crippen LogP contribution is 2.36. The summed E-state index contributed by atoms with van der Waals surface area (Å²) in [4.78, 5) is 7.73. The highest BCUT2D eigenvalue weighted by molar-refractivity contribution is 7.88. The van der Waals surface area contributed by atoms with Crippen LogP contribution in [0.5, 0.6) is 5.88 Å². The molecule has 1 saturated heterocycles. The Bertz CT molecular complexity index is 829. The smallest absolute Gasteiger partial charge is 0.423 e. The number of ether oxygens (including phenoxy) is 1. The Morgan fingerprint density at radius 1 is 1.17 bits per heavy atom. The maximum atomic E-state index is 13.4. The van der Waals surface area contributed by atoms with E-state index in [1.54, 1.807) is 0 Å². The summed E-state index contributed by atoms with van der Waals surface area (Å²) in [7, 11) is -3.27. The van der Waals surface area contributed by atoms with E-state index >= 15 is 0 Å². The lowest BCUT2D eigenvalue weighted by Gasteiger charge is -2.30. The Morgan fingerprint density at radius 3 is 2.47 bits per heavy atom. The molecule has 2 N–H and O–H groups in total. The van der Waals surface area contributed by atoms with Gasteiger partial charge in [-0.2, -0.15) is 18.2 Å². The molecule has 8 nitrogen and oxygen atoms in total. The van der Waals surface area contributed by atoms with Gasteiger partial charge in [-0.1, -0.05) is 12.8 Å². The van der Waals surface area contributed by atoms with Crippen LogP contribution in [0.25, 0.3) is 0 Å². The number of nitrogens with one attached hydrogen (secondary N) is 1. The Hall–Kier alpha value is -1.66. The molecule has 0 unspecified atom stereocenters. The Morgan fingerprint density at radius 2 is 1.83 bits per heavy atom. The quantitative estimate of drug-likeness (QED) is 0.661. The van der Waals surface area contributed by atoms with Gasteiger partial charge in [-0.25, -0.2) is 17.7 Å². The summed E-state index contributed by atoms with van der Waals surface area (Å²) in [6, 6.07) is -0.170. The second kappa shape index (κ2) is 9.23. The SMILES string of the molecule is CS(=O)(=O)N1CCC(Nc2ncc(C(F)(F)F)c(O[C@H]3CCCCC[C@H]3O)n2)CC1. The highest BCUT2D eigenvalue weighted by atomic mass is 32.2. The third kappa shape index (κ3) is 5.94. The molecule has 1 aliphatic carbocycles. The molecule has 0 amide bonds. The minimum absolute atomic E-state index is 0.0149. The molecular weight excluding hydrogens is 425 g/mol. The zero-order chi connectivity index (χ0) is 21.9. The molecular formula is C18H27F3N4O4S. The fraction of sp³-hybridized carbons (Fsp3) is 0.778. The minimum Gasteiger partial charge on any atom is -0.471 e. The van der Waals surface area contributed by atoms with E-state index in [9.17, 15) is 26.7 Å². The molecule has 1 aliphatic heterocycles. The zero-order valence-corrected chi connectivity index (χ0v) is 17.5. The summed E-state index contributed by atoms with van der Waals surface area (Å²) < 4.78 is 70.4. The first-order valence-corrected chi connectivity index (χ1v) is 11.9. The van der Waals surface area contributed by atoms with E-state index in [1.165, 1.54) is 4.31 Å². The van der Waals surface area contributed by atoms with E-state index in [-0.39, 0.29) is 12.0 Å². The maximum absolute atomic E-state index is 13.4. The largest absolute Gasteiger partial charge is 0.471 e. The van der Waals surface area contributed by atoms with Crippen molar-refractivity contribution >= 4 is 16.0 Å². The van der Waals surface area contributed by atoms with Gasteiger partial charge >= 0.3 is 6.18 Å². The van der Waals surface area contributed by atoms with Crippen LogP contribution >= 0.6 is 0 Å². The van der Waals surface area contributed by atoms with Crippen molar-refractivity contribution in [2.75, 3.05) is 24.7 Å². The van der Waals surface area contributed by atoms with Gasteiger partial charge in [-0.15, -0.1) is 0 Å². The maximum Gasteiger partial charge on any atom is 0.423 e. The van der Waals surface area contributed by atoms with E-state index in [1.807, 2.05) is 0 Å². The van der Waals surface area contributed by atoms with Gasteiger partial charge in [0.05, 0.1) is 12.4 Å². The van der Waals surface area contributed by atoms with E-state index in [2.05, 4.69) is 15.3 Å². The molecule has 0 radical (unpaired) electrons. The van der Waals surface area contributed by atoms with Crippen LogP contribution in [0.4, 0.5) is 19.1 Å². The minimum atomic E-state index is -4.69. The van der Waals surface area contributed by atoms with Crippen molar-refractivity contribution in [2.45, 2.75) is 69.4 Å². The van der Waals surface area contributed by atoms with Crippen LogP contribution in [-0.2, 0) is 16.2 Å². The lowest BCUT2D eigenvalue weighted by Crippen LogP contribution is -2.42. The average Bonchev–Trinajstić information content (AvgIpc) is 2.85. The predicted molar refractivity (Wildman–Crippen MR) is 104 cm³/mol. The molecule has 12 heteroatoms. The number of hydrogen-bond donors (Lipinski definition) is 2. The molecule has 2 fully saturated rings. The van der Waals surface area contributed by atoms with Crippen LogP contribution in [0.2, 0.25) is 0 Å². The van der Waals surface area contributed by atoms with Crippen molar-refractivity contribution in [3.8, 4) is 5.88 Å². The van der Waals surface area contributed by atoms with Crippen molar-refractivity contribution in [3.05, 3.63) is 11.8 Å². The third-order valence-corrected chi connectivity index (χ3v) is 6.80. The third-order valence-electron chi connectivity index (χ3n) is 5.50. The second-order valence-electron chi connectivity index (χ2n) is 7.85. The molecule has 0 bridgehead atoms. The number of hydrogen-bond acceptors (Lipinski definition) is 7. The normalized spacial score (nSPS) is 25.0. The Kier molecular flexibility index (Phi) is 7.08. The second-order valence-corrected chi connectivity index (χ2v) is 9.83. The van der Waals surface area contributed by atoms with Crippen LogP contribution in [0.15, 0.2) is 6.20 Å². The Balaban J connectivity index is 1.74. The Labute approximate surface area is 173 Å². The van der Waals surface area contributed by atoms with Gasteiger partial charge in [0.1, 0.15) is 11.7 Å².